The lowest BCUT2D eigenvalue weighted by molar-refractivity contribution is 0.0976. The first kappa shape index (κ1) is 12.5. The average Bonchev–Trinajstić information content (AvgIpc) is 2.28. The Morgan fingerprint density at radius 2 is 1.82 bits per heavy atom. The zero-order chi connectivity index (χ0) is 12.4. The lowest BCUT2D eigenvalue weighted by Crippen LogP contribution is -2.23. The lowest BCUT2D eigenvalue weighted by atomic mass is 10.0. The predicted octanol–water partition coefficient (Wildman–Crippen LogP) is 3.57. The maximum Gasteiger partial charge on any atom is 0.181 e. The van der Waals surface area contributed by atoms with E-state index in [2.05, 4.69) is 0 Å². The molecule has 92 valence electrons. The molecule has 0 bridgehead atoms. The molecule has 0 N–H and O–H groups in total. The molecule has 2 rings (SSSR count). The van der Waals surface area contributed by atoms with Crippen molar-refractivity contribution in [3.63, 3.8) is 0 Å². The van der Waals surface area contributed by atoms with Crippen LogP contribution >= 0.6 is 11.8 Å². The van der Waals surface area contributed by atoms with Crippen molar-refractivity contribution in [2.45, 2.75) is 24.5 Å². The molecule has 0 spiro atoms. The molecule has 1 unspecified atom stereocenters. The van der Waals surface area contributed by atoms with Gasteiger partial charge in [0.05, 0.1) is 10.8 Å². The van der Waals surface area contributed by atoms with Crippen LogP contribution in [-0.4, -0.2) is 16.8 Å². The molecule has 17 heavy (non-hydrogen) atoms. The van der Waals surface area contributed by atoms with Gasteiger partial charge in [-0.2, -0.15) is 11.8 Å². The minimum Gasteiger partial charge on any atom is -0.293 e. The summed E-state index contributed by atoms with van der Waals surface area (Å²) in [5, 5.41) is -0.404. The first-order valence-electron chi connectivity index (χ1n) is 5.40. The number of Topliss-reactive ketones (excluding diaryl/α,β-unsaturated/α-hetero) is 1. The van der Waals surface area contributed by atoms with Crippen LogP contribution in [0.2, 0.25) is 0 Å². The van der Waals surface area contributed by atoms with Gasteiger partial charge in [-0.3, -0.25) is 4.79 Å². The van der Waals surface area contributed by atoms with E-state index in [0.717, 1.165) is 18.6 Å². The second-order valence-corrected chi connectivity index (χ2v) is 5.27. The Labute approximate surface area is 101 Å². The van der Waals surface area contributed by atoms with Gasteiger partial charge in [-0.05, 0) is 18.6 Å². The van der Waals surface area contributed by atoms with E-state index in [0.29, 0.717) is 18.6 Å². The molecule has 1 aromatic rings. The van der Waals surface area contributed by atoms with Gasteiger partial charge >= 0.3 is 0 Å². The number of rotatable bonds is 2. The summed E-state index contributed by atoms with van der Waals surface area (Å²) < 4.78 is 39.5. The molecule has 0 amide bonds. The molecule has 5 heteroatoms. The quantitative estimate of drug-likeness (QED) is 0.756. The van der Waals surface area contributed by atoms with Crippen LogP contribution < -0.4 is 0 Å². The Morgan fingerprint density at radius 1 is 1.18 bits per heavy atom. The van der Waals surface area contributed by atoms with E-state index in [4.69, 9.17) is 0 Å². The van der Waals surface area contributed by atoms with Gasteiger partial charge in [-0.15, -0.1) is 0 Å². The highest BCUT2D eigenvalue weighted by molar-refractivity contribution is 8.00. The van der Waals surface area contributed by atoms with Crippen LogP contribution in [0.4, 0.5) is 13.2 Å². The minimum atomic E-state index is -1.11. The molecule has 1 saturated heterocycles. The summed E-state index contributed by atoms with van der Waals surface area (Å²) in [7, 11) is 0. The van der Waals surface area contributed by atoms with E-state index in [1.807, 2.05) is 0 Å². The van der Waals surface area contributed by atoms with E-state index < -0.39 is 34.0 Å². The van der Waals surface area contributed by atoms with Gasteiger partial charge in [0, 0.05) is 12.1 Å². The summed E-state index contributed by atoms with van der Waals surface area (Å²) in [6.07, 6.45) is 2.52. The van der Waals surface area contributed by atoms with Crippen LogP contribution in [0.5, 0.6) is 0 Å². The summed E-state index contributed by atoms with van der Waals surface area (Å²) >= 11 is 1.41. The normalized spacial score (nSPS) is 20.3. The molecular weight excluding hydrogens is 249 g/mol. The summed E-state index contributed by atoms with van der Waals surface area (Å²) in [6, 6.07) is 1.09. The zero-order valence-corrected chi connectivity index (χ0v) is 9.83. The summed E-state index contributed by atoms with van der Waals surface area (Å²) in [5.41, 5.74) is -0.606. The van der Waals surface area contributed by atoms with Gasteiger partial charge in [0.25, 0.3) is 0 Å². The molecule has 0 radical (unpaired) electrons. The van der Waals surface area contributed by atoms with Crippen LogP contribution in [0.15, 0.2) is 12.1 Å². The SMILES string of the molecule is O=C(c1c(F)cc(F)cc1F)C1CCCCS1. The van der Waals surface area contributed by atoms with Gasteiger partial charge < -0.3 is 0 Å². The summed E-state index contributed by atoms with van der Waals surface area (Å²) in [5.74, 6) is -2.98. The molecule has 0 aromatic heterocycles. The van der Waals surface area contributed by atoms with Crippen molar-refractivity contribution in [2.24, 2.45) is 0 Å². The first-order valence-corrected chi connectivity index (χ1v) is 6.45. The maximum atomic E-state index is 13.4. The summed E-state index contributed by atoms with van der Waals surface area (Å²) in [4.78, 5) is 11.9. The number of carbonyl (C=O) groups is 1. The highest BCUT2D eigenvalue weighted by atomic mass is 32.2. The number of carbonyl (C=O) groups excluding carboxylic acids is 1. The number of thioether (sulfide) groups is 1. The number of halogens is 3. The number of hydrogen-bond acceptors (Lipinski definition) is 2. The van der Waals surface area contributed by atoms with E-state index in [-0.39, 0.29) is 0 Å². The Hall–Kier alpha value is -0.970. The fraction of sp³-hybridized carbons (Fsp3) is 0.417. The molecule has 1 heterocycles. The highest BCUT2D eigenvalue weighted by Gasteiger charge is 2.28. The zero-order valence-electron chi connectivity index (χ0n) is 9.01. The third kappa shape index (κ3) is 2.65. The molecule has 1 aliphatic rings. The van der Waals surface area contributed by atoms with Crippen molar-refractivity contribution >= 4 is 17.5 Å². The van der Waals surface area contributed by atoms with Crippen molar-refractivity contribution in [2.75, 3.05) is 5.75 Å². The largest absolute Gasteiger partial charge is 0.293 e. The predicted molar refractivity (Wildman–Crippen MR) is 60.7 cm³/mol. The molecule has 0 aliphatic carbocycles. The van der Waals surface area contributed by atoms with Gasteiger partial charge in [0.2, 0.25) is 0 Å². The molecule has 1 aromatic carbocycles. The van der Waals surface area contributed by atoms with Gasteiger partial charge in [0.1, 0.15) is 17.5 Å². The highest BCUT2D eigenvalue weighted by Crippen LogP contribution is 2.29. The van der Waals surface area contributed by atoms with Gasteiger partial charge in [-0.25, -0.2) is 13.2 Å². The van der Waals surface area contributed by atoms with Gasteiger partial charge in [-0.1, -0.05) is 6.42 Å². The monoisotopic (exact) mass is 260 g/mol. The van der Waals surface area contributed by atoms with E-state index in [1.54, 1.807) is 0 Å². The van der Waals surface area contributed by atoms with Crippen LogP contribution in [0.3, 0.4) is 0 Å². The summed E-state index contributed by atoms with van der Waals surface area (Å²) in [6.45, 7) is 0. The maximum absolute atomic E-state index is 13.4. The van der Waals surface area contributed by atoms with Crippen molar-refractivity contribution in [3.05, 3.63) is 35.1 Å². The van der Waals surface area contributed by atoms with Crippen molar-refractivity contribution in [3.8, 4) is 0 Å². The Morgan fingerprint density at radius 3 is 2.35 bits per heavy atom. The number of ketones is 1. The van der Waals surface area contributed by atoms with E-state index in [9.17, 15) is 18.0 Å². The smallest absolute Gasteiger partial charge is 0.181 e. The second kappa shape index (κ2) is 5.12. The van der Waals surface area contributed by atoms with Gasteiger partial charge in [0.15, 0.2) is 5.78 Å². The lowest BCUT2D eigenvalue weighted by Gasteiger charge is -2.20. The fourth-order valence-corrected chi connectivity index (χ4v) is 3.14. The van der Waals surface area contributed by atoms with E-state index in [1.165, 1.54) is 11.8 Å². The molecular formula is C12H11F3OS. The molecule has 1 nitrogen and oxygen atoms in total. The van der Waals surface area contributed by atoms with Crippen LogP contribution in [0, 0.1) is 17.5 Å². The molecule has 0 saturated carbocycles. The molecule has 1 fully saturated rings. The minimum absolute atomic E-state index is 0.404. The number of hydrogen-bond donors (Lipinski definition) is 0. The van der Waals surface area contributed by atoms with Crippen LogP contribution in [0.25, 0.3) is 0 Å². The fourth-order valence-electron chi connectivity index (χ4n) is 1.89. The van der Waals surface area contributed by atoms with Crippen LogP contribution in [-0.2, 0) is 0 Å². The Bertz CT molecular complexity index is 418. The van der Waals surface area contributed by atoms with Crippen molar-refractivity contribution < 1.29 is 18.0 Å². The topological polar surface area (TPSA) is 17.1 Å². The molecule has 1 aliphatic heterocycles. The van der Waals surface area contributed by atoms with E-state index >= 15 is 0 Å². The van der Waals surface area contributed by atoms with Crippen molar-refractivity contribution in [1.29, 1.82) is 0 Å². The average molecular weight is 260 g/mol. The first-order chi connectivity index (χ1) is 8.09. The third-order valence-electron chi connectivity index (χ3n) is 2.73. The standard InChI is InChI=1S/C12H11F3OS/c13-7-5-8(14)11(9(15)6-7)12(16)10-3-1-2-4-17-10/h5-6,10H,1-4H2. The Kier molecular flexibility index (Phi) is 3.76. The third-order valence-corrected chi connectivity index (χ3v) is 4.10. The Balaban J connectivity index is 2.30. The molecule has 1 atom stereocenters. The van der Waals surface area contributed by atoms with Crippen LogP contribution in [0.1, 0.15) is 29.6 Å². The second-order valence-electron chi connectivity index (χ2n) is 3.96. The number of benzene rings is 1. The van der Waals surface area contributed by atoms with Crippen molar-refractivity contribution in [1.82, 2.24) is 0 Å².